The van der Waals surface area contributed by atoms with Crippen molar-refractivity contribution >= 4 is 23.5 Å². The Hall–Kier alpha value is -2.09. The summed E-state index contributed by atoms with van der Waals surface area (Å²) in [5.41, 5.74) is 1.80. The van der Waals surface area contributed by atoms with E-state index in [-0.39, 0.29) is 23.9 Å². The second-order valence-electron chi connectivity index (χ2n) is 5.45. The number of hydrogen-bond acceptors (Lipinski definition) is 6. The van der Waals surface area contributed by atoms with Crippen LogP contribution in [0.25, 0.3) is 0 Å². The van der Waals surface area contributed by atoms with Crippen LogP contribution < -0.4 is 10.9 Å². The van der Waals surface area contributed by atoms with Crippen molar-refractivity contribution < 1.29 is 9.32 Å². The van der Waals surface area contributed by atoms with Gasteiger partial charge >= 0.3 is 0 Å². The fraction of sp³-hybridized carbons (Fsp3) is 0.429. The Balaban J connectivity index is 1.57. The van der Waals surface area contributed by atoms with Gasteiger partial charge in [0.05, 0.1) is 11.7 Å². The van der Waals surface area contributed by atoms with E-state index in [4.69, 9.17) is 0 Å². The Labute approximate surface area is 130 Å². The van der Waals surface area contributed by atoms with E-state index >= 15 is 0 Å². The van der Waals surface area contributed by atoms with Crippen LogP contribution in [0.15, 0.2) is 26.8 Å². The molecule has 0 bridgehead atoms. The third-order valence-electron chi connectivity index (χ3n) is 4.00. The van der Waals surface area contributed by atoms with E-state index < -0.39 is 0 Å². The number of fused-ring (bicyclic) bond motifs is 2. The van der Waals surface area contributed by atoms with Gasteiger partial charge in [-0.25, -0.2) is 4.98 Å². The maximum absolute atomic E-state index is 12.6. The molecule has 0 saturated carbocycles. The average molecular weight is 318 g/mol. The van der Waals surface area contributed by atoms with Gasteiger partial charge in [-0.15, -0.1) is 0 Å². The van der Waals surface area contributed by atoms with E-state index in [1.54, 1.807) is 22.4 Å². The second-order valence-corrected chi connectivity index (χ2v) is 6.44. The maximum Gasteiger partial charge on any atom is 0.257 e. The third-order valence-corrected chi connectivity index (χ3v) is 5.10. The topological polar surface area (TPSA) is 90.0 Å². The molecule has 3 heterocycles. The van der Waals surface area contributed by atoms with Crippen molar-refractivity contribution in [1.82, 2.24) is 14.7 Å². The van der Waals surface area contributed by atoms with Crippen molar-refractivity contribution in [3.05, 3.63) is 33.9 Å². The first-order chi connectivity index (χ1) is 10.7. The van der Waals surface area contributed by atoms with Gasteiger partial charge in [0.2, 0.25) is 5.91 Å². The number of aromatic nitrogens is 3. The molecule has 2 aromatic rings. The van der Waals surface area contributed by atoms with Gasteiger partial charge in [0.25, 0.3) is 5.56 Å². The summed E-state index contributed by atoms with van der Waals surface area (Å²) in [7, 11) is 0. The zero-order chi connectivity index (χ0) is 15.1. The number of thioether (sulfide) groups is 1. The highest BCUT2D eigenvalue weighted by Crippen LogP contribution is 2.34. The molecule has 0 saturated heterocycles. The fourth-order valence-corrected chi connectivity index (χ4v) is 4.14. The predicted molar refractivity (Wildman–Crippen MR) is 80.0 cm³/mol. The smallest absolute Gasteiger partial charge is 0.257 e. The largest absolute Gasteiger partial charge is 0.363 e. The summed E-state index contributed by atoms with van der Waals surface area (Å²) >= 11 is 1.54. The lowest BCUT2D eigenvalue weighted by Gasteiger charge is -2.13. The van der Waals surface area contributed by atoms with Crippen molar-refractivity contribution in [2.75, 3.05) is 11.1 Å². The van der Waals surface area contributed by atoms with Crippen molar-refractivity contribution in [1.29, 1.82) is 0 Å². The number of hydrogen-bond donors (Lipinski definition) is 1. The number of nitrogens with one attached hydrogen (secondary N) is 1. The van der Waals surface area contributed by atoms with Gasteiger partial charge in [-0.2, -0.15) is 0 Å². The van der Waals surface area contributed by atoms with Gasteiger partial charge in [-0.1, -0.05) is 16.9 Å². The number of rotatable bonds is 3. The number of carbonyl (C=O) groups is 1. The van der Waals surface area contributed by atoms with E-state index in [1.165, 1.54) is 6.26 Å². The molecular weight excluding hydrogens is 304 g/mol. The number of carbonyl (C=O) groups excluding carboxylic acids is 1. The molecule has 2 aliphatic rings. The van der Waals surface area contributed by atoms with Crippen LogP contribution >= 0.6 is 11.8 Å². The van der Waals surface area contributed by atoms with E-state index in [0.717, 1.165) is 35.7 Å². The summed E-state index contributed by atoms with van der Waals surface area (Å²) in [4.78, 5) is 29.3. The molecule has 0 spiro atoms. The molecule has 1 aliphatic heterocycles. The van der Waals surface area contributed by atoms with Crippen LogP contribution in [0.4, 0.5) is 5.82 Å². The molecular formula is C14H14N4O3S. The predicted octanol–water partition coefficient (Wildman–Crippen LogP) is 1.40. The Morgan fingerprint density at radius 2 is 2.41 bits per heavy atom. The van der Waals surface area contributed by atoms with Crippen LogP contribution in [0, 0.1) is 0 Å². The molecule has 1 atom stereocenters. The van der Waals surface area contributed by atoms with Crippen molar-refractivity contribution in [3.8, 4) is 0 Å². The molecule has 0 fully saturated rings. The highest BCUT2D eigenvalue weighted by atomic mass is 32.2. The molecule has 1 aliphatic carbocycles. The lowest BCUT2D eigenvalue weighted by Crippen LogP contribution is -2.30. The van der Waals surface area contributed by atoms with E-state index in [2.05, 4.69) is 20.0 Å². The van der Waals surface area contributed by atoms with E-state index in [0.29, 0.717) is 11.6 Å². The van der Waals surface area contributed by atoms with Crippen LogP contribution in [-0.4, -0.2) is 26.4 Å². The lowest BCUT2D eigenvalue weighted by molar-refractivity contribution is -0.116. The van der Waals surface area contributed by atoms with Gasteiger partial charge in [0.15, 0.2) is 11.0 Å². The van der Waals surface area contributed by atoms with Crippen LogP contribution in [0.2, 0.25) is 0 Å². The quantitative estimate of drug-likeness (QED) is 0.860. The summed E-state index contributed by atoms with van der Waals surface area (Å²) in [6, 6.07) is 1.42. The second kappa shape index (κ2) is 5.28. The molecule has 1 amide bonds. The summed E-state index contributed by atoms with van der Waals surface area (Å²) in [6.45, 7) is 0. The van der Waals surface area contributed by atoms with E-state index in [9.17, 15) is 9.59 Å². The molecule has 22 heavy (non-hydrogen) atoms. The summed E-state index contributed by atoms with van der Waals surface area (Å²) in [6.07, 6.45) is 4.30. The normalized spacial score (nSPS) is 19.0. The first-order valence-electron chi connectivity index (χ1n) is 7.19. The zero-order valence-corrected chi connectivity index (χ0v) is 12.6. The molecule has 4 rings (SSSR count). The van der Waals surface area contributed by atoms with Crippen molar-refractivity contribution in [3.63, 3.8) is 0 Å². The van der Waals surface area contributed by atoms with Crippen molar-refractivity contribution in [2.45, 2.75) is 36.9 Å². The standard InChI is InChI=1S/C14H14N4O3S/c19-12(16-11-4-5-21-17-11)6-8-7-22-14-15-10-3-1-2-9(10)13(20)18(8)14/h4-5,8H,1-3,6-7H2,(H,16,17,19). The Morgan fingerprint density at radius 3 is 3.23 bits per heavy atom. The average Bonchev–Trinajstić information content (AvgIpc) is 3.20. The molecule has 8 heteroatoms. The first-order valence-corrected chi connectivity index (χ1v) is 8.18. The fourth-order valence-electron chi connectivity index (χ4n) is 2.99. The monoisotopic (exact) mass is 318 g/mol. The van der Waals surface area contributed by atoms with Gasteiger partial charge < -0.3 is 9.84 Å². The molecule has 0 aromatic carbocycles. The molecule has 114 valence electrons. The highest BCUT2D eigenvalue weighted by molar-refractivity contribution is 7.99. The number of anilines is 1. The summed E-state index contributed by atoms with van der Waals surface area (Å²) < 4.78 is 6.37. The van der Waals surface area contributed by atoms with Crippen LogP contribution in [-0.2, 0) is 17.6 Å². The van der Waals surface area contributed by atoms with Crippen LogP contribution in [0.1, 0.15) is 30.1 Å². The Bertz CT molecular complexity index is 784. The highest BCUT2D eigenvalue weighted by Gasteiger charge is 2.31. The molecule has 1 N–H and O–H groups in total. The molecule has 0 radical (unpaired) electrons. The van der Waals surface area contributed by atoms with Crippen LogP contribution in [0.3, 0.4) is 0 Å². The lowest BCUT2D eigenvalue weighted by atomic mass is 10.2. The van der Waals surface area contributed by atoms with Gasteiger partial charge in [0, 0.05) is 23.8 Å². The number of nitrogens with zero attached hydrogens (tertiary/aromatic N) is 3. The molecule has 2 aromatic heterocycles. The Kier molecular flexibility index (Phi) is 3.25. The SMILES string of the molecule is O=C(CC1CSc2nc3c(c(=O)n21)CCC3)Nc1ccon1. The van der Waals surface area contributed by atoms with Crippen molar-refractivity contribution in [2.24, 2.45) is 0 Å². The maximum atomic E-state index is 12.6. The first kappa shape index (κ1) is 13.6. The number of amides is 1. The minimum absolute atomic E-state index is 0.0294. The third kappa shape index (κ3) is 2.23. The summed E-state index contributed by atoms with van der Waals surface area (Å²) in [5.74, 6) is 0.896. The minimum Gasteiger partial charge on any atom is -0.363 e. The minimum atomic E-state index is -0.181. The Morgan fingerprint density at radius 1 is 1.50 bits per heavy atom. The number of aryl methyl sites for hydroxylation is 1. The van der Waals surface area contributed by atoms with Gasteiger partial charge in [0.1, 0.15) is 6.26 Å². The van der Waals surface area contributed by atoms with Crippen LogP contribution in [0.5, 0.6) is 0 Å². The molecule has 7 nitrogen and oxygen atoms in total. The zero-order valence-electron chi connectivity index (χ0n) is 11.7. The van der Waals surface area contributed by atoms with Gasteiger partial charge in [-0.3, -0.25) is 14.2 Å². The summed E-state index contributed by atoms with van der Waals surface area (Å²) in [5, 5.41) is 7.05. The van der Waals surface area contributed by atoms with E-state index in [1.807, 2.05) is 0 Å². The molecule has 1 unspecified atom stereocenters. The van der Waals surface area contributed by atoms with Gasteiger partial charge in [-0.05, 0) is 19.3 Å².